The number of aromatic hydroxyl groups is 1. The number of ether oxygens (including phenoxy) is 1. The molecule has 0 bridgehead atoms. The third-order valence-electron chi connectivity index (χ3n) is 6.30. The SMILES string of the molecule is COc1ccc(C(NC(=O)CCc2cc(C(C)(C)C)c(O)c(C(C)(C)C)c2)c2nccn2C)cc1. The van der Waals surface area contributed by atoms with Crippen LogP contribution < -0.4 is 10.1 Å². The standard InChI is InChI=1S/C29H39N3O3/c1-28(2,3)22-17-19(18-23(26(22)34)29(4,5)6)9-14-24(33)31-25(27-30-15-16-32(27)7)20-10-12-21(35-8)13-11-20/h10-13,15-18,25,34H,9,14H2,1-8H3,(H,31,33). The van der Waals surface area contributed by atoms with Crippen molar-refractivity contribution in [1.29, 1.82) is 0 Å². The van der Waals surface area contributed by atoms with Gasteiger partial charge >= 0.3 is 0 Å². The lowest BCUT2D eigenvalue weighted by molar-refractivity contribution is -0.121. The fourth-order valence-corrected chi connectivity index (χ4v) is 4.22. The van der Waals surface area contributed by atoms with Gasteiger partial charge in [0.2, 0.25) is 5.91 Å². The summed E-state index contributed by atoms with van der Waals surface area (Å²) < 4.78 is 7.20. The number of hydrogen-bond acceptors (Lipinski definition) is 4. The number of rotatable bonds is 7. The van der Waals surface area contributed by atoms with Gasteiger partial charge in [0.25, 0.3) is 0 Å². The van der Waals surface area contributed by atoms with Crippen LogP contribution in [0.2, 0.25) is 0 Å². The molecular weight excluding hydrogens is 438 g/mol. The van der Waals surface area contributed by atoms with Gasteiger partial charge in [0.1, 0.15) is 23.4 Å². The normalized spacial score (nSPS) is 12.9. The van der Waals surface area contributed by atoms with E-state index in [2.05, 4.69) is 51.8 Å². The molecule has 0 radical (unpaired) electrons. The fourth-order valence-electron chi connectivity index (χ4n) is 4.22. The Hall–Kier alpha value is -3.28. The Morgan fingerprint density at radius 3 is 2.09 bits per heavy atom. The van der Waals surface area contributed by atoms with Gasteiger partial charge < -0.3 is 19.7 Å². The van der Waals surface area contributed by atoms with Crippen LogP contribution in [0.25, 0.3) is 0 Å². The molecule has 35 heavy (non-hydrogen) atoms. The minimum absolute atomic E-state index is 0.0588. The zero-order chi connectivity index (χ0) is 26.0. The largest absolute Gasteiger partial charge is 0.507 e. The minimum atomic E-state index is -0.372. The van der Waals surface area contributed by atoms with E-state index in [1.807, 2.05) is 54.2 Å². The van der Waals surface area contributed by atoms with E-state index in [0.29, 0.717) is 18.6 Å². The highest BCUT2D eigenvalue weighted by atomic mass is 16.5. The number of phenolic OH excluding ortho intramolecular Hbond substituents is 1. The third-order valence-corrected chi connectivity index (χ3v) is 6.30. The first-order valence-electron chi connectivity index (χ1n) is 12.1. The van der Waals surface area contributed by atoms with E-state index in [1.165, 1.54) is 0 Å². The van der Waals surface area contributed by atoms with E-state index in [-0.39, 0.29) is 22.8 Å². The highest BCUT2D eigenvalue weighted by Gasteiger charge is 2.27. The number of methoxy groups -OCH3 is 1. The Bertz CT molecular complexity index is 1130. The van der Waals surface area contributed by atoms with Crippen LogP contribution in [0.5, 0.6) is 11.5 Å². The number of benzene rings is 2. The number of imidazole rings is 1. The van der Waals surface area contributed by atoms with E-state index in [4.69, 9.17) is 4.74 Å². The van der Waals surface area contributed by atoms with Crippen LogP contribution in [0, 0.1) is 0 Å². The summed E-state index contributed by atoms with van der Waals surface area (Å²) in [6.45, 7) is 12.6. The van der Waals surface area contributed by atoms with Crippen molar-refractivity contribution in [2.45, 2.75) is 71.3 Å². The first-order chi connectivity index (χ1) is 16.3. The maximum Gasteiger partial charge on any atom is 0.221 e. The van der Waals surface area contributed by atoms with Crippen molar-refractivity contribution in [3.8, 4) is 11.5 Å². The van der Waals surface area contributed by atoms with Gasteiger partial charge in [-0.3, -0.25) is 4.79 Å². The first kappa shape index (κ1) is 26.3. The molecule has 3 rings (SSSR count). The number of hydrogen-bond donors (Lipinski definition) is 2. The minimum Gasteiger partial charge on any atom is -0.507 e. The first-order valence-corrected chi connectivity index (χ1v) is 12.1. The molecule has 1 unspecified atom stereocenters. The van der Waals surface area contributed by atoms with Crippen LogP contribution in [0.4, 0.5) is 0 Å². The summed E-state index contributed by atoms with van der Waals surface area (Å²) in [6, 6.07) is 11.4. The van der Waals surface area contributed by atoms with E-state index >= 15 is 0 Å². The molecule has 1 aromatic heterocycles. The molecule has 0 aliphatic carbocycles. The Morgan fingerprint density at radius 1 is 1.06 bits per heavy atom. The summed E-state index contributed by atoms with van der Waals surface area (Å²) in [5.74, 6) is 1.82. The Morgan fingerprint density at radius 2 is 1.63 bits per heavy atom. The van der Waals surface area contributed by atoms with Crippen molar-refractivity contribution in [3.63, 3.8) is 0 Å². The van der Waals surface area contributed by atoms with Crippen molar-refractivity contribution in [1.82, 2.24) is 14.9 Å². The molecule has 1 heterocycles. The Balaban J connectivity index is 1.84. The molecule has 0 saturated heterocycles. The molecule has 2 N–H and O–H groups in total. The van der Waals surface area contributed by atoms with Crippen LogP contribution >= 0.6 is 0 Å². The van der Waals surface area contributed by atoms with Crippen molar-refractivity contribution >= 4 is 5.91 Å². The zero-order valence-electron chi connectivity index (χ0n) is 22.3. The molecule has 1 atom stereocenters. The second-order valence-corrected chi connectivity index (χ2v) is 11.2. The lowest BCUT2D eigenvalue weighted by Crippen LogP contribution is -2.31. The number of amides is 1. The van der Waals surface area contributed by atoms with Crippen molar-refractivity contribution in [2.24, 2.45) is 7.05 Å². The number of carbonyl (C=O) groups is 1. The van der Waals surface area contributed by atoms with E-state index < -0.39 is 0 Å². The smallest absolute Gasteiger partial charge is 0.221 e. The number of phenols is 1. The van der Waals surface area contributed by atoms with Gasteiger partial charge in [0.05, 0.1) is 7.11 Å². The summed E-state index contributed by atoms with van der Waals surface area (Å²) >= 11 is 0. The molecular formula is C29H39N3O3. The number of aromatic nitrogens is 2. The lowest BCUT2D eigenvalue weighted by Gasteiger charge is -2.28. The average molecular weight is 478 g/mol. The molecule has 6 nitrogen and oxygen atoms in total. The van der Waals surface area contributed by atoms with Crippen LogP contribution in [0.15, 0.2) is 48.8 Å². The van der Waals surface area contributed by atoms with Crippen LogP contribution in [0.3, 0.4) is 0 Å². The van der Waals surface area contributed by atoms with E-state index in [9.17, 15) is 9.90 Å². The topological polar surface area (TPSA) is 76.4 Å². The van der Waals surface area contributed by atoms with Crippen LogP contribution in [0.1, 0.15) is 82.1 Å². The van der Waals surface area contributed by atoms with Gasteiger partial charge in [0.15, 0.2) is 0 Å². The summed E-state index contributed by atoms with van der Waals surface area (Å²) in [7, 11) is 3.55. The van der Waals surface area contributed by atoms with Crippen molar-refractivity contribution in [3.05, 3.63) is 76.9 Å². The molecule has 0 aliphatic heterocycles. The summed E-state index contributed by atoms with van der Waals surface area (Å²) in [5, 5.41) is 14.2. The number of nitrogens with zero attached hydrogens (tertiary/aromatic N) is 2. The van der Waals surface area contributed by atoms with Gasteiger partial charge in [-0.25, -0.2) is 4.98 Å². The van der Waals surface area contributed by atoms with Gasteiger partial charge in [-0.15, -0.1) is 0 Å². The van der Waals surface area contributed by atoms with Gasteiger partial charge in [0, 0.05) is 25.9 Å². The molecule has 0 spiro atoms. The molecule has 0 fully saturated rings. The lowest BCUT2D eigenvalue weighted by atomic mass is 9.78. The fraction of sp³-hybridized carbons (Fsp3) is 0.448. The van der Waals surface area contributed by atoms with Crippen molar-refractivity contribution in [2.75, 3.05) is 7.11 Å². The summed E-state index contributed by atoms with van der Waals surface area (Å²) in [6.07, 6.45) is 4.51. The molecule has 188 valence electrons. The molecule has 1 amide bonds. The van der Waals surface area contributed by atoms with Gasteiger partial charge in [-0.2, -0.15) is 0 Å². The quantitative estimate of drug-likeness (QED) is 0.467. The second-order valence-electron chi connectivity index (χ2n) is 11.2. The van der Waals surface area contributed by atoms with Crippen LogP contribution in [-0.4, -0.2) is 27.7 Å². The maximum absolute atomic E-state index is 13.1. The predicted octanol–water partition coefficient (Wildman–Crippen LogP) is 5.57. The molecule has 3 aromatic rings. The average Bonchev–Trinajstić information content (AvgIpc) is 3.20. The van der Waals surface area contributed by atoms with Gasteiger partial charge in [-0.05, 0) is 51.6 Å². The Labute approximate surface area is 209 Å². The molecule has 0 aliphatic rings. The van der Waals surface area contributed by atoms with Gasteiger partial charge in [-0.1, -0.05) is 65.8 Å². The highest BCUT2D eigenvalue weighted by Crippen LogP contribution is 2.40. The van der Waals surface area contributed by atoms with Crippen LogP contribution in [-0.2, 0) is 29.1 Å². The highest BCUT2D eigenvalue weighted by molar-refractivity contribution is 5.77. The monoisotopic (exact) mass is 477 g/mol. The number of nitrogens with one attached hydrogen (secondary N) is 1. The van der Waals surface area contributed by atoms with E-state index in [0.717, 1.165) is 33.8 Å². The Kier molecular flexibility index (Phi) is 7.63. The second kappa shape index (κ2) is 10.1. The molecule has 0 saturated carbocycles. The number of carbonyl (C=O) groups excluding carboxylic acids is 1. The molecule has 2 aromatic carbocycles. The third kappa shape index (κ3) is 6.24. The molecule has 6 heteroatoms. The van der Waals surface area contributed by atoms with E-state index in [1.54, 1.807) is 13.3 Å². The number of aryl methyl sites for hydroxylation is 2. The van der Waals surface area contributed by atoms with Crippen molar-refractivity contribution < 1.29 is 14.6 Å². The maximum atomic E-state index is 13.1. The summed E-state index contributed by atoms with van der Waals surface area (Å²) in [5.41, 5.74) is 3.38. The zero-order valence-corrected chi connectivity index (χ0v) is 22.3. The summed E-state index contributed by atoms with van der Waals surface area (Å²) in [4.78, 5) is 17.6. The predicted molar refractivity (Wildman–Crippen MR) is 140 cm³/mol.